The Morgan fingerprint density at radius 1 is 1.77 bits per heavy atom. The largest absolute Gasteiger partial charge is 0.324 e. The van der Waals surface area contributed by atoms with Gasteiger partial charge in [0.05, 0.1) is 11.6 Å². The molecule has 0 aliphatic carbocycles. The average molecular weight is 196 g/mol. The van der Waals surface area contributed by atoms with E-state index >= 15 is 0 Å². The van der Waals surface area contributed by atoms with Gasteiger partial charge < -0.3 is 5.73 Å². The number of nitriles is 1. The van der Waals surface area contributed by atoms with Crippen molar-refractivity contribution in [2.75, 3.05) is 0 Å². The maximum atomic E-state index is 8.80. The van der Waals surface area contributed by atoms with Crippen LogP contribution in [0.2, 0.25) is 5.15 Å². The molecule has 0 spiro atoms. The van der Waals surface area contributed by atoms with Crippen LogP contribution in [-0.4, -0.2) is 4.98 Å². The molecule has 0 saturated carbocycles. The van der Waals surface area contributed by atoms with Gasteiger partial charge in [-0.1, -0.05) is 18.5 Å². The first kappa shape index (κ1) is 9.97. The molecule has 2 N–H and O–H groups in total. The number of nitrogens with two attached hydrogens (primary N) is 1. The van der Waals surface area contributed by atoms with Crippen LogP contribution in [0.25, 0.3) is 0 Å². The van der Waals surface area contributed by atoms with Crippen LogP contribution in [0.15, 0.2) is 12.3 Å². The molecule has 3 nitrogen and oxygen atoms in total. The first-order valence-electron chi connectivity index (χ1n) is 4.00. The van der Waals surface area contributed by atoms with Gasteiger partial charge in [-0.3, -0.25) is 0 Å². The van der Waals surface area contributed by atoms with Crippen molar-refractivity contribution in [1.82, 2.24) is 4.98 Å². The SMILES string of the molecule is CC[C@@H](N)c1cnc(Cl)cc1C#N. The predicted molar refractivity (Wildman–Crippen MR) is 51.2 cm³/mol. The van der Waals surface area contributed by atoms with Crippen molar-refractivity contribution in [3.05, 3.63) is 28.5 Å². The van der Waals surface area contributed by atoms with E-state index < -0.39 is 0 Å². The van der Waals surface area contributed by atoms with Gasteiger partial charge in [-0.05, 0) is 12.5 Å². The molecule has 0 saturated heterocycles. The number of aromatic nitrogens is 1. The Kier molecular flexibility index (Phi) is 3.24. The van der Waals surface area contributed by atoms with Crippen molar-refractivity contribution in [2.24, 2.45) is 5.73 Å². The molecular weight excluding hydrogens is 186 g/mol. The Bertz CT molecular complexity index is 343. The average Bonchev–Trinajstić information content (AvgIpc) is 2.16. The van der Waals surface area contributed by atoms with Crippen LogP contribution in [0.5, 0.6) is 0 Å². The van der Waals surface area contributed by atoms with Gasteiger partial charge in [-0.25, -0.2) is 4.98 Å². The Morgan fingerprint density at radius 2 is 2.46 bits per heavy atom. The third-order valence-corrected chi connectivity index (χ3v) is 2.07. The van der Waals surface area contributed by atoms with Crippen molar-refractivity contribution >= 4 is 11.6 Å². The first-order chi connectivity index (χ1) is 6.19. The normalized spacial score (nSPS) is 12.2. The van der Waals surface area contributed by atoms with Crippen LogP contribution < -0.4 is 5.73 Å². The van der Waals surface area contributed by atoms with E-state index in [1.54, 1.807) is 6.20 Å². The first-order valence-corrected chi connectivity index (χ1v) is 4.38. The van der Waals surface area contributed by atoms with Gasteiger partial charge in [-0.2, -0.15) is 5.26 Å². The van der Waals surface area contributed by atoms with Crippen LogP contribution in [-0.2, 0) is 0 Å². The van der Waals surface area contributed by atoms with Gasteiger partial charge >= 0.3 is 0 Å². The summed E-state index contributed by atoms with van der Waals surface area (Å²) in [5, 5.41) is 9.12. The minimum Gasteiger partial charge on any atom is -0.324 e. The van der Waals surface area contributed by atoms with Crippen molar-refractivity contribution in [2.45, 2.75) is 19.4 Å². The highest BCUT2D eigenvalue weighted by Gasteiger charge is 2.09. The van der Waals surface area contributed by atoms with Gasteiger partial charge in [-0.15, -0.1) is 0 Å². The van der Waals surface area contributed by atoms with E-state index in [1.807, 2.05) is 13.0 Å². The third-order valence-electron chi connectivity index (χ3n) is 1.86. The lowest BCUT2D eigenvalue weighted by Crippen LogP contribution is -2.10. The Balaban J connectivity index is 3.15. The lowest BCUT2D eigenvalue weighted by Gasteiger charge is -2.09. The van der Waals surface area contributed by atoms with Crippen molar-refractivity contribution in [3.63, 3.8) is 0 Å². The van der Waals surface area contributed by atoms with E-state index in [4.69, 9.17) is 22.6 Å². The van der Waals surface area contributed by atoms with Crippen LogP contribution in [0, 0.1) is 11.3 Å². The smallest absolute Gasteiger partial charge is 0.130 e. The van der Waals surface area contributed by atoms with Crippen LogP contribution >= 0.6 is 11.6 Å². The lowest BCUT2D eigenvalue weighted by atomic mass is 10.0. The molecule has 1 aromatic rings. The minimum absolute atomic E-state index is 0.139. The molecule has 1 aromatic heterocycles. The molecule has 13 heavy (non-hydrogen) atoms. The Hall–Kier alpha value is -1.11. The molecule has 0 aliphatic rings. The number of pyridine rings is 1. The standard InChI is InChI=1S/C9H10ClN3/c1-2-8(12)7-5-13-9(10)3-6(7)4-11/h3,5,8H,2,12H2,1H3/t8-/m1/s1. The summed E-state index contributed by atoms with van der Waals surface area (Å²) in [7, 11) is 0. The molecule has 0 radical (unpaired) electrons. The lowest BCUT2D eigenvalue weighted by molar-refractivity contribution is 0.693. The number of halogens is 1. The summed E-state index contributed by atoms with van der Waals surface area (Å²) in [6.45, 7) is 1.96. The van der Waals surface area contributed by atoms with Gasteiger partial charge in [0.1, 0.15) is 5.15 Å². The summed E-state index contributed by atoms with van der Waals surface area (Å²) < 4.78 is 0. The Morgan fingerprint density at radius 3 is 3.00 bits per heavy atom. The van der Waals surface area contributed by atoms with Gasteiger partial charge in [0.15, 0.2) is 0 Å². The second-order valence-corrected chi connectivity index (χ2v) is 3.11. The monoisotopic (exact) mass is 195 g/mol. The molecule has 0 unspecified atom stereocenters. The van der Waals surface area contributed by atoms with Crippen molar-refractivity contribution < 1.29 is 0 Å². The van der Waals surface area contributed by atoms with E-state index in [2.05, 4.69) is 4.98 Å². The molecule has 1 heterocycles. The van der Waals surface area contributed by atoms with Gasteiger partial charge in [0.25, 0.3) is 0 Å². The molecule has 1 rings (SSSR count). The van der Waals surface area contributed by atoms with Crippen LogP contribution in [0.3, 0.4) is 0 Å². The predicted octanol–water partition coefficient (Wildman–Crippen LogP) is 2.02. The summed E-state index contributed by atoms with van der Waals surface area (Å²) in [6, 6.07) is 3.44. The highest BCUT2D eigenvalue weighted by molar-refractivity contribution is 6.29. The van der Waals surface area contributed by atoms with E-state index in [-0.39, 0.29) is 6.04 Å². The van der Waals surface area contributed by atoms with Crippen LogP contribution in [0.1, 0.15) is 30.5 Å². The zero-order chi connectivity index (χ0) is 9.84. The minimum atomic E-state index is -0.139. The maximum absolute atomic E-state index is 8.80. The molecule has 0 bridgehead atoms. The van der Waals surface area contributed by atoms with Crippen molar-refractivity contribution in [3.8, 4) is 6.07 Å². The summed E-state index contributed by atoms with van der Waals surface area (Å²) >= 11 is 5.64. The van der Waals surface area contributed by atoms with Crippen LogP contribution in [0.4, 0.5) is 0 Å². The molecule has 0 aromatic carbocycles. The summed E-state index contributed by atoms with van der Waals surface area (Å²) in [5.41, 5.74) is 7.05. The molecular formula is C9H10ClN3. The fourth-order valence-corrected chi connectivity index (χ4v) is 1.21. The summed E-state index contributed by atoms with van der Waals surface area (Å²) in [4.78, 5) is 3.89. The van der Waals surface area contributed by atoms with E-state index in [1.165, 1.54) is 6.07 Å². The highest BCUT2D eigenvalue weighted by Crippen LogP contribution is 2.19. The molecule has 68 valence electrons. The second-order valence-electron chi connectivity index (χ2n) is 2.72. The third kappa shape index (κ3) is 2.18. The Labute approximate surface area is 82.1 Å². The van der Waals surface area contributed by atoms with E-state index in [0.29, 0.717) is 10.7 Å². The topological polar surface area (TPSA) is 62.7 Å². The second kappa shape index (κ2) is 4.22. The molecule has 0 aliphatic heterocycles. The zero-order valence-corrected chi connectivity index (χ0v) is 8.04. The number of rotatable bonds is 2. The maximum Gasteiger partial charge on any atom is 0.130 e. The fourth-order valence-electron chi connectivity index (χ4n) is 1.05. The van der Waals surface area contributed by atoms with Gasteiger partial charge in [0.2, 0.25) is 0 Å². The molecule has 4 heteroatoms. The summed E-state index contributed by atoms with van der Waals surface area (Å²) in [5.74, 6) is 0. The molecule has 0 fully saturated rings. The summed E-state index contributed by atoms with van der Waals surface area (Å²) in [6.07, 6.45) is 2.34. The quantitative estimate of drug-likeness (QED) is 0.735. The van der Waals surface area contributed by atoms with E-state index in [9.17, 15) is 0 Å². The number of hydrogen-bond acceptors (Lipinski definition) is 3. The van der Waals surface area contributed by atoms with E-state index in [0.717, 1.165) is 12.0 Å². The van der Waals surface area contributed by atoms with Crippen molar-refractivity contribution in [1.29, 1.82) is 5.26 Å². The highest BCUT2D eigenvalue weighted by atomic mass is 35.5. The fraction of sp³-hybridized carbons (Fsp3) is 0.333. The number of nitrogens with zero attached hydrogens (tertiary/aromatic N) is 2. The van der Waals surface area contributed by atoms with Gasteiger partial charge in [0, 0.05) is 17.8 Å². The molecule has 1 atom stereocenters. The molecule has 0 amide bonds. The number of hydrogen-bond donors (Lipinski definition) is 1. The zero-order valence-electron chi connectivity index (χ0n) is 7.29.